The van der Waals surface area contributed by atoms with Crippen LogP contribution in [0.3, 0.4) is 0 Å². The molecule has 6 heteroatoms. The number of rotatable bonds is 4. The Kier molecular flexibility index (Phi) is 3.67. The van der Waals surface area contributed by atoms with Gasteiger partial charge in [0.2, 0.25) is 15.9 Å². The molecule has 4 nitrogen and oxygen atoms in total. The summed E-state index contributed by atoms with van der Waals surface area (Å²) < 4.78 is 0. The van der Waals surface area contributed by atoms with E-state index >= 15 is 0 Å². The van der Waals surface area contributed by atoms with Crippen LogP contribution < -0.4 is 0 Å². The van der Waals surface area contributed by atoms with Gasteiger partial charge in [-0.2, -0.15) is 0 Å². The largest absolute Gasteiger partial charge is 0.480 e. The fraction of sp³-hybridized carbons (Fsp3) is 0.500. The first kappa shape index (κ1) is 11.4. The van der Waals surface area contributed by atoms with Gasteiger partial charge >= 0.3 is 5.97 Å². The van der Waals surface area contributed by atoms with Gasteiger partial charge in [0.25, 0.3) is 0 Å². The van der Waals surface area contributed by atoms with Crippen molar-refractivity contribution in [1.82, 2.24) is 0 Å². The van der Waals surface area contributed by atoms with Gasteiger partial charge in [-0.05, 0) is 29.6 Å². The van der Waals surface area contributed by atoms with Gasteiger partial charge in [-0.25, -0.2) is 0 Å². The van der Waals surface area contributed by atoms with Crippen LogP contribution >= 0.6 is 23.2 Å². The first-order valence-corrected chi connectivity index (χ1v) is 3.78. The topological polar surface area (TPSA) is 71.4 Å². The molecule has 68 valence electrons. The van der Waals surface area contributed by atoms with Gasteiger partial charge in [-0.1, -0.05) is 6.92 Å². The second-order valence-electron chi connectivity index (χ2n) is 2.11. The standard InChI is InChI=1S/C6H6Cl2O4/c1-2-6(3(7)9,4(8)10)5(11)12/h2H2,1H3,(H,11,12). The van der Waals surface area contributed by atoms with Gasteiger partial charge in [0.15, 0.2) is 0 Å². The quantitative estimate of drug-likeness (QED) is 0.558. The molecule has 0 saturated heterocycles. The number of carboxylic acid groups (broad SMARTS) is 1. The predicted molar refractivity (Wildman–Crippen MR) is 42.1 cm³/mol. The van der Waals surface area contributed by atoms with E-state index in [4.69, 9.17) is 28.3 Å². The van der Waals surface area contributed by atoms with Crippen LogP contribution in [0, 0.1) is 5.41 Å². The zero-order chi connectivity index (χ0) is 9.94. The summed E-state index contributed by atoms with van der Waals surface area (Å²) in [4.78, 5) is 31.8. The molecule has 0 bridgehead atoms. The Morgan fingerprint density at radius 2 is 1.58 bits per heavy atom. The van der Waals surface area contributed by atoms with Gasteiger partial charge in [-0.3, -0.25) is 14.4 Å². The molecule has 0 unspecified atom stereocenters. The van der Waals surface area contributed by atoms with E-state index in [0.29, 0.717) is 0 Å². The minimum absolute atomic E-state index is 0.257. The van der Waals surface area contributed by atoms with Crippen LogP contribution in [0.5, 0.6) is 0 Å². The van der Waals surface area contributed by atoms with Crippen LogP contribution in [-0.4, -0.2) is 21.6 Å². The third kappa shape index (κ3) is 1.59. The molecular formula is C6H6Cl2O4. The van der Waals surface area contributed by atoms with Crippen molar-refractivity contribution >= 4 is 39.7 Å². The van der Waals surface area contributed by atoms with Crippen molar-refractivity contribution in [2.75, 3.05) is 0 Å². The first-order valence-electron chi connectivity index (χ1n) is 3.02. The van der Waals surface area contributed by atoms with Gasteiger partial charge in [0.1, 0.15) is 0 Å². The van der Waals surface area contributed by atoms with Crippen LogP contribution in [0.1, 0.15) is 13.3 Å². The van der Waals surface area contributed by atoms with Crippen molar-refractivity contribution in [2.45, 2.75) is 13.3 Å². The summed E-state index contributed by atoms with van der Waals surface area (Å²) >= 11 is 9.93. The Hall–Kier alpha value is -0.610. The zero-order valence-electron chi connectivity index (χ0n) is 6.13. The average molecular weight is 213 g/mol. The zero-order valence-corrected chi connectivity index (χ0v) is 7.65. The normalized spacial score (nSPS) is 10.9. The lowest BCUT2D eigenvalue weighted by Gasteiger charge is -2.17. The Balaban J connectivity index is 5.19. The van der Waals surface area contributed by atoms with Crippen molar-refractivity contribution in [3.63, 3.8) is 0 Å². The maximum atomic E-state index is 10.7. The molecule has 0 heterocycles. The molecule has 1 N–H and O–H groups in total. The van der Waals surface area contributed by atoms with Crippen LogP contribution in [0.25, 0.3) is 0 Å². The van der Waals surface area contributed by atoms with Gasteiger partial charge < -0.3 is 5.11 Å². The smallest absolute Gasteiger partial charge is 0.327 e. The van der Waals surface area contributed by atoms with E-state index in [0.717, 1.165) is 0 Å². The lowest BCUT2D eigenvalue weighted by molar-refractivity contribution is -0.155. The summed E-state index contributed by atoms with van der Waals surface area (Å²) in [7, 11) is 0. The lowest BCUT2D eigenvalue weighted by atomic mass is 9.88. The third-order valence-electron chi connectivity index (χ3n) is 1.57. The summed E-state index contributed by atoms with van der Waals surface area (Å²) in [5.41, 5.74) is -2.29. The van der Waals surface area contributed by atoms with Crippen molar-refractivity contribution < 1.29 is 19.5 Å². The van der Waals surface area contributed by atoms with E-state index in [1.807, 2.05) is 0 Å². The SMILES string of the molecule is CCC(C(=O)O)(C(=O)Cl)C(=O)Cl. The fourth-order valence-corrected chi connectivity index (χ4v) is 1.32. The summed E-state index contributed by atoms with van der Waals surface area (Å²) in [5.74, 6) is -1.62. The molecule has 0 aliphatic heterocycles. The highest BCUT2D eigenvalue weighted by atomic mass is 35.5. The Morgan fingerprint density at radius 1 is 1.25 bits per heavy atom. The summed E-state index contributed by atoms with van der Waals surface area (Å²) in [6, 6.07) is 0. The highest BCUT2D eigenvalue weighted by molar-refractivity contribution is 6.77. The highest BCUT2D eigenvalue weighted by Crippen LogP contribution is 2.28. The van der Waals surface area contributed by atoms with Crippen LogP contribution in [-0.2, 0) is 14.4 Å². The molecule has 0 aliphatic carbocycles. The average Bonchev–Trinajstić information content (AvgIpc) is 1.86. The van der Waals surface area contributed by atoms with E-state index in [1.165, 1.54) is 6.92 Å². The molecule has 0 atom stereocenters. The maximum Gasteiger partial charge on any atom is 0.327 e. The van der Waals surface area contributed by atoms with E-state index in [9.17, 15) is 14.4 Å². The molecule has 0 amide bonds. The van der Waals surface area contributed by atoms with Crippen molar-refractivity contribution in [2.24, 2.45) is 5.41 Å². The van der Waals surface area contributed by atoms with E-state index in [1.54, 1.807) is 0 Å². The number of hydrogen-bond acceptors (Lipinski definition) is 3. The van der Waals surface area contributed by atoms with Crippen LogP contribution in [0.4, 0.5) is 0 Å². The maximum absolute atomic E-state index is 10.7. The number of hydrogen-bond donors (Lipinski definition) is 1. The van der Waals surface area contributed by atoms with E-state index in [2.05, 4.69) is 0 Å². The molecule has 0 rings (SSSR count). The third-order valence-corrected chi connectivity index (χ3v) is 2.21. The minimum Gasteiger partial charge on any atom is -0.480 e. The summed E-state index contributed by atoms with van der Waals surface area (Å²) in [5, 5.41) is 6.02. The summed E-state index contributed by atoms with van der Waals surface area (Å²) in [6.07, 6.45) is -0.257. The van der Waals surface area contributed by atoms with Crippen molar-refractivity contribution in [1.29, 1.82) is 0 Å². The molecule has 0 fully saturated rings. The van der Waals surface area contributed by atoms with Crippen molar-refractivity contribution in [3.05, 3.63) is 0 Å². The highest BCUT2D eigenvalue weighted by Gasteiger charge is 2.50. The Morgan fingerprint density at radius 3 is 1.58 bits per heavy atom. The molecule has 0 aromatic rings. The number of carboxylic acids is 1. The monoisotopic (exact) mass is 212 g/mol. The predicted octanol–water partition coefficient (Wildman–Crippen LogP) is 0.998. The van der Waals surface area contributed by atoms with Gasteiger partial charge in [-0.15, -0.1) is 0 Å². The molecule has 0 saturated carbocycles. The van der Waals surface area contributed by atoms with Gasteiger partial charge in [0.05, 0.1) is 0 Å². The molecule has 12 heavy (non-hydrogen) atoms. The number of aliphatic carboxylic acids is 1. The van der Waals surface area contributed by atoms with E-state index < -0.39 is 21.9 Å². The molecule has 0 aromatic carbocycles. The van der Waals surface area contributed by atoms with Gasteiger partial charge in [0, 0.05) is 0 Å². The molecule has 0 spiro atoms. The van der Waals surface area contributed by atoms with Crippen LogP contribution in [0.2, 0.25) is 0 Å². The van der Waals surface area contributed by atoms with Crippen LogP contribution in [0.15, 0.2) is 0 Å². The lowest BCUT2D eigenvalue weighted by Crippen LogP contribution is -2.41. The summed E-state index contributed by atoms with van der Waals surface area (Å²) in [6.45, 7) is 1.34. The number of halogens is 2. The Labute approximate surface area is 78.4 Å². The number of carbonyl (C=O) groups is 3. The first-order chi connectivity index (χ1) is 5.39. The fourth-order valence-electron chi connectivity index (χ4n) is 0.675. The second-order valence-corrected chi connectivity index (χ2v) is 2.80. The molecular weight excluding hydrogens is 207 g/mol. The Bertz CT molecular complexity index is 200. The molecule has 0 radical (unpaired) electrons. The van der Waals surface area contributed by atoms with E-state index in [-0.39, 0.29) is 6.42 Å². The molecule has 0 aromatic heterocycles. The number of carbonyl (C=O) groups excluding carboxylic acids is 2. The van der Waals surface area contributed by atoms with Crippen molar-refractivity contribution in [3.8, 4) is 0 Å². The molecule has 0 aliphatic rings. The minimum atomic E-state index is -2.29. The second kappa shape index (κ2) is 3.87.